The molecule has 1 saturated heterocycles. The van der Waals surface area contributed by atoms with Gasteiger partial charge < -0.3 is 14.6 Å². The second-order valence-corrected chi connectivity index (χ2v) is 6.49. The average molecular weight is 319 g/mol. The van der Waals surface area contributed by atoms with Crippen LogP contribution in [-0.4, -0.2) is 45.2 Å². The number of thiophene rings is 1. The van der Waals surface area contributed by atoms with Gasteiger partial charge in [-0.1, -0.05) is 0 Å². The maximum absolute atomic E-state index is 12.4. The molecule has 2 aromatic rings. The Morgan fingerprint density at radius 1 is 1.45 bits per heavy atom. The number of carbonyl (C=O) groups is 1. The molecule has 1 fully saturated rings. The first-order valence-electron chi connectivity index (χ1n) is 7.65. The minimum Gasteiger partial charge on any atom is -0.395 e. The van der Waals surface area contributed by atoms with Crippen molar-refractivity contribution in [1.82, 2.24) is 14.5 Å². The number of piperidine rings is 1. The number of aliphatic hydroxyl groups is 1. The molecule has 3 heterocycles. The van der Waals surface area contributed by atoms with E-state index in [0.29, 0.717) is 12.5 Å². The van der Waals surface area contributed by atoms with Crippen LogP contribution >= 0.6 is 11.3 Å². The lowest BCUT2D eigenvalue weighted by molar-refractivity contribution is 0.0710. The third-order valence-electron chi connectivity index (χ3n) is 4.33. The highest BCUT2D eigenvalue weighted by molar-refractivity contribution is 7.08. The number of hydrogen-bond donors (Lipinski definition) is 1. The quantitative estimate of drug-likeness (QED) is 0.940. The van der Waals surface area contributed by atoms with Crippen molar-refractivity contribution in [3.05, 3.63) is 40.1 Å². The van der Waals surface area contributed by atoms with E-state index < -0.39 is 0 Å². The topological polar surface area (TPSA) is 58.4 Å². The first-order chi connectivity index (χ1) is 10.7. The molecule has 0 bridgehead atoms. The zero-order valence-electron chi connectivity index (χ0n) is 12.7. The second kappa shape index (κ2) is 6.62. The molecule has 0 unspecified atom stereocenters. The van der Waals surface area contributed by atoms with Crippen molar-refractivity contribution in [1.29, 1.82) is 0 Å². The molecule has 3 rings (SSSR count). The van der Waals surface area contributed by atoms with Crippen LogP contribution in [0.1, 0.15) is 40.6 Å². The Kier molecular flexibility index (Phi) is 4.59. The fraction of sp³-hybridized carbons (Fsp3) is 0.500. The molecule has 0 saturated carbocycles. The summed E-state index contributed by atoms with van der Waals surface area (Å²) in [4.78, 5) is 18.8. The van der Waals surface area contributed by atoms with Crippen molar-refractivity contribution in [3.63, 3.8) is 0 Å². The number of rotatable bonds is 4. The number of amides is 1. The summed E-state index contributed by atoms with van der Waals surface area (Å²) < 4.78 is 2.10. The van der Waals surface area contributed by atoms with Crippen LogP contribution in [0, 0.1) is 6.92 Å². The third kappa shape index (κ3) is 2.94. The Morgan fingerprint density at radius 2 is 2.23 bits per heavy atom. The van der Waals surface area contributed by atoms with E-state index in [1.54, 1.807) is 11.3 Å². The van der Waals surface area contributed by atoms with Gasteiger partial charge in [0.25, 0.3) is 5.91 Å². The predicted octanol–water partition coefficient (Wildman–Crippen LogP) is 2.27. The summed E-state index contributed by atoms with van der Waals surface area (Å²) in [5, 5.41) is 13.1. The summed E-state index contributed by atoms with van der Waals surface area (Å²) in [6.45, 7) is 4.27. The molecule has 0 aliphatic carbocycles. The van der Waals surface area contributed by atoms with Gasteiger partial charge in [-0.05, 0) is 31.2 Å². The molecular weight excluding hydrogens is 298 g/mol. The summed E-state index contributed by atoms with van der Waals surface area (Å²) >= 11 is 1.56. The van der Waals surface area contributed by atoms with Crippen LogP contribution in [0.5, 0.6) is 0 Å². The monoisotopic (exact) mass is 319 g/mol. The number of aryl methyl sites for hydroxylation is 1. The van der Waals surface area contributed by atoms with Crippen molar-refractivity contribution in [3.8, 4) is 0 Å². The van der Waals surface area contributed by atoms with Crippen molar-refractivity contribution < 1.29 is 9.90 Å². The van der Waals surface area contributed by atoms with E-state index >= 15 is 0 Å². The van der Waals surface area contributed by atoms with Gasteiger partial charge in [-0.15, -0.1) is 0 Å². The standard InChI is InChI=1S/C16H21N3O2S/c1-12-10-17-15(19(12)7-8-20)13-2-5-18(6-3-13)16(21)14-4-9-22-11-14/h4,9-11,13,20H,2-3,5-8H2,1H3. The smallest absolute Gasteiger partial charge is 0.254 e. The van der Waals surface area contributed by atoms with E-state index in [4.69, 9.17) is 0 Å². The molecule has 0 atom stereocenters. The van der Waals surface area contributed by atoms with E-state index in [9.17, 15) is 9.90 Å². The minimum atomic E-state index is 0.125. The number of carbonyl (C=O) groups excluding carboxylic acids is 1. The van der Waals surface area contributed by atoms with Crippen molar-refractivity contribution in [2.75, 3.05) is 19.7 Å². The van der Waals surface area contributed by atoms with Gasteiger partial charge in [0.2, 0.25) is 0 Å². The molecule has 22 heavy (non-hydrogen) atoms. The highest BCUT2D eigenvalue weighted by Gasteiger charge is 2.27. The van der Waals surface area contributed by atoms with Gasteiger partial charge in [-0.25, -0.2) is 4.98 Å². The van der Waals surface area contributed by atoms with Gasteiger partial charge in [0.05, 0.1) is 12.2 Å². The zero-order valence-corrected chi connectivity index (χ0v) is 13.6. The number of aromatic nitrogens is 2. The Balaban J connectivity index is 1.66. The molecule has 1 amide bonds. The zero-order chi connectivity index (χ0) is 15.5. The molecule has 0 radical (unpaired) electrons. The lowest BCUT2D eigenvalue weighted by Gasteiger charge is -2.32. The molecule has 1 N–H and O–H groups in total. The number of hydrogen-bond acceptors (Lipinski definition) is 4. The van der Waals surface area contributed by atoms with Crippen LogP contribution in [0.3, 0.4) is 0 Å². The number of likely N-dealkylation sites (tertiary alicyclic amines) is 1. The largest absolute Gasteiger partial charge is 0.395 e. The van der Waals surface area contributed by atoms with Gasteiger partial charge >= 0.3 is 0 Å². The summed E-state index contributed by atoms with van der Waals surface area (Å²) in [6, 6.07) is 1.89. The lowest BCUT2D eigenvalue weighted by Crippen LogP contribution is -2.38. The molecule has 0 aromatic carbocycles. The SMILES string of the molecule is Cc1cnc(C2CCN(C(=O)c3ccsc3)CC2)n1CCO. The number of nitrogens with zero attached hydrogens (tertiary/aromatic N) is 3. The van der Waals surface area contributed by atoms with Crippen LogP contribution in [0.4, 0.5) is 0 Å². The summed E-state index contributed by atoms with van der Waals surface area (Å²) in [5.74, 6) is 1.55. The highest BCUT2D eigenvalue weighted by atomic mass is 32.1. The molecule has 0 spiro atoms. The Morgan fingerprint density at radius 3 is 2.86 bits per heavy atom. The van der Waals surface area contributed by atoms with Crippen molar-refractivity contribution in [2.24, 2.45) is 0 Å². The summed E-state index contributed by atoms with van der Waals surface area (Å²) in [6.07, 6.45) is 3.73. The first kappa shape index (κ1) is 15.2. The van der Waals surface area contributed by atoms with E-state index in [-0.39, 0.29) is 12.5 Å². The summed E-state index contributed by atoms with van der Waals surface area (Å²) in [7, 11) is 0. The minimum absolute atomic E-state index is 0.125. The fourth-order valence-electron chi connectivity index (χ4n) is 3.11. The van der Waals surface area contributed by atoms with Crippen LogP contribution in [0.15, 0.2) is 23.0 Å². The molecule has 6 heteroatoms. The Hall–Kier alpha value is -1.66. The normalized spacial score (nSPS) is 16.2. The maximum atomic E-state index is 12.4. The maximum Gasteiger partial charge on any atom is 0.254 e. The fourth-order valence-corrected chi connectivity index (χ4v) is 3.74. The van der Waals surface area contributed by atoms with Gasteiger partial charge in [0.15, 0.2) is 0 Å². The lowest BCUT2D eigenvalue weighted by atomic mass is 9.95. The third-order valence-corrected chi connectivity index (χ3v) is 5.01. The first-order valence-corrected chi connectivity index (χ1v) is 8.59. The Bertz CT molecular complexity index is 628. The van der Waals surface area contributed by atoms with Crippen LogP contribution in [0.2, 0.25) is 0 Å². The van der Waals surface area contributed by atoms with E-state index in [1.807, 2.05) is 34.8 Å². The van der Waals surface area contributed by atoms with Crippen molar-refractivity contribution >= 4 is 17.2 Å². The van der Waals surface area contributed by atoms with Crippen LogP contribution in [-0.2, 0) is 6.54 Å². The molecule has 118 valence electrons. The molecule has 5 nitrogen and oxygen atoms in total. The molecular formula is C16H21N3O2S. The molecule has 1 aliphatic heterocycles. The van der Waals surface area contributed by atoms with E-state index in [0.717, 1.165) is 43.0 Å². The number of aliphatic hydroxyl groups excluding tert-OH is 1. The van der Waals surface area contributed by atoms with Crippen LogP contribution in [0.25, 0.3) is 0 Å². The van der Waals surface area contributed by atoms with Gasteiger partial charge in [0, 0.05) is 42.8 Å². The summed E-state index contributed by atoms with van der Waals surface area (Å²) in [5.41, 5.74) is 1.88. The van der Waals surface area contributed by atoms with E-state index in [1.165, 1.54) is 0 Å². The Labute approximate surface area is 134 Å². The average Bonchev–Trinajstić information content (AvgIpc) is 3.18. The van der Waals surface area contributed by atoms with Gasteiger partial charge in [0.1, 0.15) is 5.82 Å². The van der Waals surface area contributed by atoms with E-state index in [2.05, 4.69) is 9.55 Å². The van der Waals surface area contributed by atoms with Gasteiger partial charge in [-0.3, -0.25) is 4.79 Å². The highest BCUT2D eigenvalue weighted by Crippen LogP contribution is 2.28. The number of imidazole rings is 1. The van der Waals surface area contributed by atoms with Crippen molar-refractivity contribution in [2.45, 2.75) is 32.2 Å². The predicted molar refractivity (Wildman–Crippen MR) is 86.2 cm³/mol. The van der Waals surface area contributed by atoms with Crippen LogP contribution < -0.4 is 0 Å². The molecule has 2 aromatic heterocycles. The second-order valence-electron chi connectivity index (χ2n) is 5.71. The van der Waals surface area contributed by atoms with Gasteiger partial charge in [-0.2, -0.15) is 11.3 Å². The molecule has 1 aliphatic rings.